The third kappa shape index (κ3) is 6.41. The Hall–Kier alpha value is -3.25. The molecule has 34 heavy (non-hydrogen) atoms. The minimum absolute atomic E-state index is 0.268. The molecule has 0 bridgehead atoms. The van der Waals surface area contributed by atoms with E-state index in [1.807, 2.05) is 61.7 Å². The van der Waals surface area contributed by atoms with Gasteiger partial charge in [-0.2, -0.15) is 0 Å². The van der Waals surface area contributed by atoms with Gasteiger partial charge in [-0.1, -0.05) is 73.3 Å². The average molecular weight is 475 g/mol. The van der Waals surface area contributed by atoms with Gasteiger partial charge in [0.05, 0.1) is 22.8 Å². The van der Waals surface area contributed by atoms with E-state index in [0.717, 1.165) is 28.1 Å². The molecular weight excluding hydrogens is 441 g/mol. The molecule has 0 aliphatic rings. The van der Waals surface area contributed by atoms with E-state index in [4.69, 9.17) is 5.14 Å². The van der Waals surface area contributed by atoms with Gasteiger partial charge in [0.1, 0.15) is 5.82 Å². The predicted molar refractivity (Wildman–Crippen MR) is 146 cm³/mol. The van der Waals surface area contributed by atoms with E-state index >= 15 is 0 Å². The van der Waals surface area contributed by atoms with Crippen molar-refractivity contribution in [2.45, 2.75) is 13.3 Å². The molecule has 0 aliphatic heterocycles. The van der Waals surface area contributed by atoms with Crippen molar-refractivity contribution in [3.63, 3.8) is 0 Å². The summed E-state index contributed by atoms with van der Waals surface area (Å²) < 4.78 is 19.4. The Bertz CT molecular complexity index is 1160. The van der Waals surface area contributed by atoms with Gasteiger partial charge >= 0.3 is 0 Å². The smallest absolute Gasteiger partial charge is 0.219 e. The first-order chi connectivity index (χ1) is 16.5. The van der Waals surface area contributed by atoms with Gasteiger partial charge in [0.15, 0.2) is 0 Å². The van der Waals surface area contributed by atoms with Crippen molar-refractivity contribution in [2.75, 3.05) is 12.8 Å². The number of hydrogen-bond donors (Lipinski definition) is 2. The van der Waals surface area contributed by atoms with Crippen LogP contribution in [0.1, 0.15) is 23.6 Å². The lowest BCUT2D eigenvalue weighted by molar-refractivity contribution is -0.292. The molecule has 0 aliphatic carbocycles. The van der Waals surface area contributed by atoms with E-state index in [-0.39, 0.29) is 5.82 Å². The molecule has 0 heterocycles. The van der Waals surface area contributed by atoms with Crippen LogP contribution in [0, 0.1) is 5.82 Å². The largest absolute Gasteiger partial charge is 0.233 e. The van der Waals surface area contributed by atoms with E-state index in [2.05, 4.69) is 58.6 Å². The summed E-state index contributed by atoms with van der Waals surface area (Å²) in [5.41, 5.74) is 5.04. The number of nitrogens with zero attached hydrogens (tertiary/aromatic N) is 1. The van der Waals surface area contributed by atoms with Gasteiger partial charge in [0.25, 0.3) is 0 Å². The van der Waals surface area contributed by atoms with Crippen LogP contribution in [0.4, 0.5) is 4.39 Å². The molecule has 0 saturated heterocycles. The van der Waals surface area contributed by atoms with Crippen molar-refractivity contribution in [3.05, 3.63) is 138 Å². The Labute approximate surface area is 204 Å². The molecule has 3 rings (SSSR count). The van der Waals surface area contributed by atoms with Crippen molar-refractivity contribution in [1.82, 2.24) is 4.72 Å². The summed E-state index contributed by atoms with van der Waals surface area (Å²) in [6.45, 7) is 6.03. The standard InChI is InChI=1S/C29H33FN3S/c1-4-12-28(22-17-24-13-8-6-9-14-24)33(34(31,5-2)32-3)29(23-25-15-10-7-11-16-25)26-18-20-27(30)21-19-26/h4,6-22,32H,1,5,23,31H2,2-3H3/q+1/b22-17?,28-12+,33-29+. The second kappa shape index (κ2) is 12.3. The molecular formula is C29H33FN3S+. The lowest BCUT2D eigenvalue weighted by atomic mass is 10.0. The van der Waals surface area contributed by atoms with E-state index in [1.165, 1.54) is 12.1 Å². The minimum Gasteiger partial charge on any atom is -0.233 e. The molecule has 3 N–H and O–H groups in total. The molecule has 3 aromatic rings. The average Bonchev–Trinajstić information content (AvgIpc) is 2.88. The third-order valence-corrected chi connectivity index (χ3v) is 8.20. The van der Waals surface area contributed by atoms with Gasteiger partial charge in [-0.25, -0.2) is 14.3 Å². The second-order valence-electron chi connectivity index (χ2n) is 7.73. The van der Waals surface area contributed by atoms with Crippen molar-refractivity contribution in [1.29, 1.82) is 0 Å². The first kappa shape index (κ1) is 25.4. The van der Waals surface area contributed by atoms with Crippen LogP contribution in [0.25, 0.3) is 6.08 Å². The molecule has 0 amide bonds. The van der Waals surface area contributed by atoms with Gasteiger partial charge in [-0.15, -0.1) is 3.98 Å². The van der Waals surface area contributed by atoms with Crippen molar-refractivity contribution < 1.29 is 8.37 Å². The number of nitrogens with two attached hydrogens (primary N) is 1. The molecule has 3 nitrogen and oxygen atoms in total. The molecule has 1 atom stereocenters. The number of nitrogens with one attached hydrogen (secondary N) is 1. The molecule has 5 heteroatoms. The fourth-order valence-corrected chi connectivity index (χ4v) is 5.48. The zero-order chi connectivity index (χ0) is 24.4. The molecule has 0 spiro atoms. The number of hydrogen-bond acceptors (Lipinski definition) is 2. The summed E-state index contributed by atoms with van der Waals surface area (Å²) in [6.07, 6.45) is 8.50. The maximum atomic E-state index is 13.8. The Balaban J connectivity index is 2.30. The monoisotopic (exact) mass is 474 g/mol. The molecule has 1 unspecified atom stereocenters. The van der Waals surface area contributed by atoms with Crippen LogP contribution in [-0.4, -0.2) is 22.5 Å². The Morgan fingerprint density at radius 3 is 2.18 bits per heavy atom. The van der Waals surface area contributed by atoms with Gasteiger partial charge < -0.3 is 0 Å². The lowest BCUT2D eigenvalue weighted by Gasteiger charge is -2.31. The highest BCUT2D eigenvalue weighted by atomic mass is 32.3. The molecule has 0 aromatic heterocycles. The second-order valence-corrected chi connectivity index (χ2v) is 10.6. The Morgan fingerprint density at radius 2 is 1.62 bits per heavy atom. The molecule has 0 radical (unpaired) electrons. The first-order valence-corrected chi connectivity index (χ1v) is 13.1. The minimum atomic E-state index is -1.97. The van der Waals surface area contributed by atoms with Crippen LogP contribution in [0.3, 0.4) is 0 Å². The van der Waals surface area contributed by atoms with Gasteiger partial charge in [-0.05, 0) is 55.4 Å². The summed E-state index contributed by atoms with van der Waals surface area (Å²) in [5.74, 6) is 0.437. The topological polar surface area (TPSA) is 41.1 Å². The van der Waals surface area contributed by atoms with Crippen molar-refractivity contribution in [3.8, 4) is 0 Å². The Morgan fingerprint density at radius 1 is 1.00 bits per heavy atom. The van der Waals surface area contributed by atoms with Crippen LogP contribution in [-0.2, 0) is 6.42 Å². The number of benzene rings is 3. The van der Waals surface area contributed by atoms with E-state index in [9.17, 15) is 4.39 Å². The normalized spacial score (nSPS) is 15.5. The highest BCUT2D eigenvalue weighted by Gasteiger charge is 2.35. The highest BCUT2D eigenvalue weighted by molar-refractivity contribution is 8.25. The molecule has 176 valence electrons. The summed E-state index contributed by atoms with van der Waals surface area (Å²) in [5, 5.41) is 7.06. The van der Waals surface area contributed by atoms with Crippen molar-refractivity contribution in [2.24, 2.45) is 5.14 Å². The zero-order valence-corrected chi connectivity index (χ0v) is 20.6. The summed E-state index contributed by atoms with van der Waals surface area (Å²) in [6, 6.07) is 27.0. The fourth-order valence-electron chi connectivity index (χ4n) is 3.69. The van der Waals surface area contributed by atoms with Crippen LogP contribution in [0.5, 0.6) is 0 Å². The maximum Gasteiger partial charge on any atom is 0.219 e. The number of halogens is 1. The van der Waals surface area contributed by atoms with Crippen molar-refractivity contribution >= 4 is 22.4 Å². The number of rotatable bonds is 10. The lowest BCUT2D eigenvalue weighted by Crippen LogP contribution is -2.40. The van der Waals surface area contributed by atoms with E-state index in [0.29, 0.717) is 12.2 Å². The van der Waals surface area contributed by atoms with Gasteiger partial charge in [-0.3, -0.25) is 0 Å². The summed E-state index contributed by atoms with van der Waals surface area (Å²) in [4.78, 5) is 0. The quantitative estimate of drug-likeness (QED) is 0.203. The first-order valence-electron chi connectivity index (χ1n) is 11.3. The van der Waals surface area contributed by atoms with Crippen LogP contribution in [0.2, 0.25) is 0 Å². The van der Waals surface area contributed by atoms with Gasteiger partial charge in [0, 0.05) is 17.7 Å². The molecule has 0 saturated carbocycles. The fraction of sp³-hybridized carbons (Fsp3) is 0.138. The van der Waals surface area contributed by atoms with Crippen LogP contribution >= 0.6 is 10.6 Å². The Kier molecular flexibility index (Phi) is 9.16. The van der Waals surface area contributed by atoms with E-state index in [1.54, 1.807) is 6.08 Å². The summed E-state index contributed by atoms with van der Waals surface area (Å²) >= 11 is 0. The maximum absolute atomic E-state index is 13.8. The van der Waals surface area contributed by atoms with Crippen LogP contribution < -0.4 is 9.86 Å². The third-order valence-electron chi connectivity index (χ3n) is 5.53. The van der Waals surface area contributed by atoms with Crippen LogP contribution in [0.15, 0.2) is 115 Å². The highest BCUT2D eigenvalue weighted by Crippen LogP contribution is 2.39. The van der Waals surface area contributed by atoms with E-state index < -0.39 is 10.6 Å². The predicted octanol–water partition coefficient (Wildman–Crippen LogP) is 6.40. The molecule has 3 aromatic carbocycles. The molecule has 0 fully saturated rings. The number of allylic oxidation sites excluding steroid dienone is 3. The van der Waals surface area contributed by atoms with Gasteiger partial charge in [0.2, 0.25) is 11.4 Å². The zero-order valence-electron chi connectivity index (χ0n) is 19.8. The SMILES string of the molecule is C=C/C=C(C=Cc1ccccc1)/[N+](=C(/Cc1ccccc1)c1ccc(F)cc1)S(N)(CC)NC. The summed E-state index contributed by atoms with van der Waals surface area (Å²) in [7, 11) is -0.0819.